The Bertz CT molecular complexity index is 1030. The molecule has 0 aliphatic carbocycles. The Morgan fingerprint density at radius 2 is 2.00 bits per heavy atom. The molecule has 2 heterocycles. The second-order valence-electron chi connectivity index (χ2n) is 7.55. The van der Waals surface area contributed by atoms with Crippen molar-refractivity contribution in [3.8, 4) is 16.9 Å². The molecule has 2 atom stereocenters. The van der Waals surface area contributed by atoms with Crippen LogP contribution in [-0.4, -0.2) is 18.2 Å². The average molecular weight is 385 g/mol. The Labute approximate surface area is 163 Å². The fourth-order valence-electron chi connectivity index (χ4n) is 4.05. The third kappa shape index (κ3) is 3.60. The summed E-state index contributed by atoms with van der Waals surface area (Å²) < 4.78 is 5.88. The van der Waals surface area contributed by atoms with Crippen LogP contribution in [-0.2, 0) is 6.54 Å². The van der Waals surface area contributed by atoms with Crippen molar-refractivity contribution in [3.05, 3.63) is 63.5 Å². The van der Waals surface area contributed by atoms with Gasteiger partial charge in [-0.15, -0.1) is 0 Å². The summed E-state index contributed by atoms with van der Waals surface area (Å²) in [6.45, 7) is 5.08. The highest BCUT2D eigenvalue weighted by atomic mass is 35.5. The standard InChI is InChI=1S/C22H22ClNO3/c1-14-3-2-10-24(11-14)12-18-20(25)9-8-17-21(26)19(13-27-22(17)18)15-4-6-16(23)7-5-15/h4-9,13-14,25H,2-3,10-12H2,1H3/p+1. The number of hydrogen-bond donors (Lipinski definition) is 2. The molecule has 4 rings (SSSR count). The van der Waals surface area contributed by atoms with Gasteiger partial charge < -0.3 is 14.4 Å². The number of hydrogen-bond acceptors (Lipinski definition) is 3. The molecule has 0 bridgehead atoms. The molecule has 1 aliphatic rings. The Morgan fingerprint density at radius 3 is 2.74 bits per heavy atom. The maximum absolute atomic E-state index is 13.0. The molecule has 5 heteroatoms. The van der Waals surface area contributed by atoms with Gasteiger partial charge in [0.25, 0.3) is 0 Å². The number of phenols is 1. The highest BCUT2D eigenvalue weighted by molar-refractivity contribution is 6.30. The lowest BCUT2D eigenvalue weighted by Gasteiger charge is -2.28. The minimum absolute atomic E-state index is 0.0955. The minimum Gasteiger partial charge on any atom is -0.507 e. The van der Waals surface area contributed by atoms with Crippen LogP contribution < -0.4 is 10.3 Å². The fourth-order valence-corrected chi connectivity index (χ4v) is 4.18. The summed E-state index contributed by atoms with van der Waals surface area (Å²) in [4.78, 5) is 14.5. The second-order valence-corrected chi connectivity index (χ2v) is 7.99. The van der Waals surface area contributed by atoms with Crippen LogP contribution >= 0.6 is 11.6 Å². The number of piperidine rings is 1. The van der Waals surface area contributed by atoms with Gasteiger partial charge in [-0.1, -0.05) is 30.7 Å². The zero-order valence-electron chi connectivity index (χ0n) is 15.3. The lowest BCUT2D eigenvalue weighted by molar-refractivity contribution is -0.922. The van der Waals surface area contributed by atoms with E-state index in [4.69, 9.17) is 16.0 Å². The molecular formula is C22H23ClNO3+. The van der Waals surface area contributed by atoms with Crippen molar-refractivity contribution in [2.24, 2.45) is 5.92 Å². The van der Waals surface area contributed by atoms with E-state index in [0.29, 0.717) is 34.0 Å². The van der Waals surface area contributed by atoms with Gasteiger partial charge in [0.05, 0.1) is 29.6 Å². The lowest BCUT2D eigenvalue weighted by atomic mass is 9.99. The number of quaternary nitrogens is 1. The van der Waals surface area contributed by atoms with Crippen LogP contribution in [0.25, 0.3) is 22.1 Å². The first-order valence-electron chi connectivity index (χ1n) is 9.39. The number of nitrogens with one attached hydrogen (secondary N) is 1. The van der Waals surface area contributed by atoms with Crippen molar-refractivity contribution in [1.82, 2.24) is 0 Å². The molecule has 3 aromatic rings. The predicted octanol–water partition coefficient (Wildman–Crippen LogP) is 3.63. The van der Waals surface area contributed by atoms with Crippen LogP contribution in [0.4, 0.5) is 0 Å². The van der Waals surface area contributed by atoms with Gasteiger partial charge >= 0.3 is 0 Å². The number of fused-ring (bicyclic) bond motifs is 1. The largest absolute Gasteiger partial charge is 0.507 e. The molecule has 1 aromatic heterocycles. The molecular weight excluding hydrogens is 362 g/mol. The monoisotopic (exact) mass is 384 g/mol. The van der Waals surface area contributed by atoms with Crippen molar-refractivity contribution in [2.75, 3.05) is 13.1 Å². The first kappa shape index (κ1) is 18.1. The average Bonchev–Trinajstić information content (AvgIpc) is 2.65. The quantitative estimate of drug-likeness (QED) is 0.725. The van der Waals surface area contributed by atoms with Crippen molar-refractivity contribution < 1.29 is 14.4 Å². The molecule has 27 heavy (non-hydrogen) atoms. The summed E-state index contributed by atoms with van der Waals surface area (Å²) in [6.07, 6.45) is 3.93. The topological polar surface area (TPSA) is 54.9 Å². The molecule has 0 spiro atoms. The molecule has 0 amide bonds. The maximum Gasteiger partial charge on any atom is 0.200 e. The van der Waals surface area contributed by atoms with E-state index in [1.807, 2.05) is 0 Å². The summed E-state index contributed by atoms with van der Waals surface area (Å²) >= 11 is 5.94. The first-order chi connectivity index (χ1) is 13.0. The lowest BCUT2D eigenvalue weighted by Crippen LogP contribution is -3.12. The van der Waals surface area contributed by atoms with E-state index in [1.165, 1.54) is 24.0 Å². The fraction of sp³-hybridized carbons (Fsp3) is 0.318. The van der Waals surface area contributed by atoms with Gasteiger partial charge in [-0.3, -0.25) is 4.79 Å². The molecule has 1 saturated heterocycles. The molecule has 2 aromatic carbocycles. The smallest absolute Gasteiger partial charge is 0.200 e. The maximum atomic E-state index is 13.0. The molecule has 4 nitrogen and oxygen atoms in total. The van der Waals surface area contributed by atoms with Gasteiger partial charge in [0, 0.05) is 10.9 Å². The van der Waals surface area contributed by atoms with E-state index in [-0.39, 0.29) is 11.2 Å². The predicted molar refractivity (Wildman–Crippen MR) is 107 cm³/mol. The summed E-state index contributed by atoms with van der Waals surface area (Å²) in [7, 11) is 0. The Morgan fingerprint density at radius 1 is 1.22 bits per heavy atom. The van der Waals surface area contributed by atoms with Crippen LogP contribution in [0.3, 0.4) is 0 Å². The van der Waals surface area contributed by atoms with Gasteiger partial charge in [0.15, 0.2) is 0 Å². The Kier molecular flexibility index (Phi) is 4.94. The van der Waals surface area contributed by atoms with Gasteiger partial charge in [0.1, 0.15) is 24.1 Å². The summed E-state index contributed by atoms with van der Waals surface area (Å²) in [6, 6.07) is 10.4. The molecule has 1 aliphatic heterocycles. The number of benzene rings is 2. The molecule has 1 fully saturated rings. The van der Waals surface area contributed by atoms with Crippen LogP contribution in [0.15, 0.2) is 51.9 Å². The zero-order valence-corrected chi connectivity index (χ0v) is 16.1. The summed E-state index contributed by atoms with van der Waals surface area (Å²) in [5, 5.41) is 11.5. The molecule has 2 unspecified atom stereocenters. The van der Waals surface area contributed by atoms with Crippen molar-refractivity contribution in [2.45, 2.75) is 26.3 Å². The van der Waals surface area contributed by atoms with Crippen molar-refractivity contribution in [3.63, 3.8) is 0 Å². The number of phenolic OH excluding ortho intramolecular Hbond substituents is 1. The SMILES string of the molecule is CC1CCC[NH+](Cc2c(O)ccc3c(=O)c(-c4ccc(Cl)cc4)coc23)C1. The van der Waals surface area contributed by atoms with Crippen LogP contribution in [0.2, 0.25) is 5.02 Å². The Hall–Kier alpha value is -2.30. The third-order valence-corrected chi connectivity index (χ3v) is 5.72. The van der Waals surface area contributed by atoms with E-state index in [0.717, 1.165) is 24.2 Å². The molecule has 2 N–H and O–H groups in total. The Balaban J connectivity index is 1.77. The third-order valence-electron chi connectivity index (χ3n) is 5.47. The number of aromatic hydroxyl groups is 1. The summed E-state index contributed by atoms with van der Waals surface area (Å²) in [5.74, 6) is 0.866. The zero-order chi connectivity index (χ0) is 19.0. The van der Waals surface area contributed by atoms with Gasteiger partial charge in [-0.05, 0) is 42.7 Å². The van der Waals surface area contributed by atoms with Gasteiger partial charge in [-0.25, -0.2) is 0 Å². The number of likely N-dealkylation sites (tertiary alicyclic amines) is 1. The number of rotatable bonds is 3. The highest BCUT2D eigenvalue weighted by Crippen LogP contribution is 2.28. The van der Waals surface area contributed by atoms with Crippen LogP contribution in [0, 0.1) is 5.92 Å². The molecule has 0 radical (unpaired) electrons. The van der Waals surface area contributed by atoms with E-state index in [2.05, 4.69) is 6.92 Å². The second kappa shape index (κ2) is 7.37. The first-order valence-corrected chi connectivity index (χ1v) is 9.76. The van der Waals surface area contributed by atoms with E-state index >= 15 is 0 Å². The van der Waals surface area contributed by atoms with Gasteiger partial charge in [0.2, 0.25) is 5.43 Å². The van der Waals surface area contributed by atoms with E-state index in [1.54, 1.807) is 36.4 Å². The van der Waals surface area contributed by atoms with Crippen molar-refractivity contribution >= 4 is 22.6 Å². The number of halogens is 1. The van der Waals surface area contributed by atoms with E-state index < -0.39 is 0 Å². The normalized spacial score (nSPS) is 20.1. The van der Waals surface area contributed by atoms with Crippen LogP contribution in [0.5, 0.6) is 5.75 Å². The van der Waals surface area contributed by atoms with Gasteiger partial charge in [-0.2, -0.15) is 0 Å². The van der Waals surface area contributed by atoms with E-state index in [9.17, 15) is 9.90 Å². The minimum atomic E-state index is -0.0955. The summed E-state index contributed by atoms with van der Waals surface area (Å²) in [5.41, 5.74) is 2.37. The highest BCUT2D eigenvalue weighted by Gasteiger charge is 2.23. The molecule has 0 saturated carbocycles. The van der Waals surface area contributed by atoms with Crippen molar-refractivity contribution in [1.29, 1.82) is 0 Å². The van der Waals surface area contributed by atoms with Crippen LogP contribution in [0.1, 0.15) is 25.3 Å². The molecule has 140 valence electrons.